The number of hydrogen-bond acceptors (Lipinski definition) is 1. The van der Waals surface area contributed by atoms with Crippen LogP contribution in [0.15, 0.2) is 12.7 Å². The highest BCUT2D eigenvalue weighted by Gasteiger charge is 2.25. The molecule has 2 heteroatoms. The largest absolute Gasteiger partial charge is 0.313 e. The normalized spacial score (nSPS) is 29.1. The van der Waals surface area contributed by atoms with Crippen LogP contribution in [0.1, 0.15) is 19.3 Å². The standard InChI is InChI=1S/C10H18ClN/c1-2-6-12-8-10-5-3-4-9(10)7-11/h2,9-10,12H,1,3-8H2. The summed E-state index contributed by atoms with van der Waals surface area (Å²) in [5.41, 5.74) is 0. The Labute approximate surface area is 80.2 Å². The van der Waals surface area contributed by atoms with Crippen molar-refractivity contribution in [3.05, 3.63) is 12.7 Å². The summed E-state index contributed by atoms with van der Waals surface area (Å²) in [6, 6.07) is 0. The Morgan fingerprint density at radius 3 is 2.83 bits per heavy atom. The van der Waals surface area contributed by atoms with Gasteiger partial charge < -0.3 is 5.32 Å². The zero-order valence-electron chi connectivity index (χ0n) is 7.56. The molecular weight excluding hydrogens is 170 g/mol. The van der Waals surface area contributed by atoms with Crippen molar-refractivity contribution in [2.24, 2.45) is 11.8 Å². The minimum absolute atomic E-state index is 0.754. The van der Waals surface area contributed by atoms with E-state index in [-0.39, 0.29) is 0 Å². The molecule has 1 N–H and O–H groups in total. The first-order valence-electron chi connectivity index (χ1n) is 4.76. The van der Waals surface area contributed by atoms with Gasteiger partial charge in [0.2, 0.25) is 0 Å². The van der Waals surface area contributed by atoms with Gasteiger partial charge >= 0.3 is 0 Å². The van der Waals surface area contributed by atoms with Crippen molar-refractivity contribution in [1.29, 1.82) is 0 Å². The monoisotopic (exact) mass is 187 g/mol. The van der Waals surface area contributed by atoms with Gasteiger partial charge in [-0.2, -0.15) is 0 Å². The molecule has 1 aliphatic rings. The van der Waals surface area contributed by atoms with E-state index < -0.39 is 0 Å². The molecule has 0 aromatic heterocycles. The van der Waals surface area contributed by atoms with Crippen molar-refractivity contribution in [1.82, 2.24) is 5.32 Å². The summed E-state index contributed by atoms with van der Waals surface area (Å²) in [6.07, 6.45) is 5.94. The van der Waals surface area contributed by atoms with Gasteiger partial charge in [0, 0.05) is 12.4 Å². The van der Waals surface area contributed by atoms with Crippen LogP contribution in [0.25, 0.3) is 0 Å². The highest BCUT2D eigenvalue weighted by atomic mass is 35.5. The van der Waals surface area contributed by atoms with Gasteiger partial charge in [-0.15, -0.1) is 18.2 Å². The minimum Gasteiger partial charge on any atom is -0.313 e. The topological polar surface area (TPSA) is 12.0 Å². The van der Waals surface area contributed by atoms with Crippen LogP contribution < -0.4 is 5.32 Å². The smallest absolute Gasteiger partial charge is 0.0254 e. The average molecular weight is 188 g/mol. The van der Waals surface area contributed by atoms with Crippen molar-refractivity contribution >= 4 is 11.6 Å². The zero-order valence-corrected chi connectivity index (χ0v) is 8.32. The SMILES string of the molecule is C=CCNCC1CCCC1CCl. The van der Waals surface area contributed by atoms with Crippen LogP contribution in [0, 0.1) is 11.8 Å². The van der Waals surface area contributed by atoms with Gasteiger partial charge in [-0.1, -0.05) is 12.5 Å². The molecule has 2 unspecified atom stereocenters. The highest BCUT2D eigenvalue weighted by molar-refractivity contribution is 6.18. The molecule has 0 heterocycles. The molecule has 0 aromatic carbocycles. The predicted molar refractivity (Wildman–Crippen MR) is 54.6 cm³/mol. The second-order valence-electron chi connectivity index (χ2n) is 3.55. The molecule has 0 saturated heterocycles. The van der Waals surface area contributed by atoms with Crippen molar-refractivity contribution in [3.63, 3.8) is 0 Å². The van der Waals surface area contributed by atoms with E-state index in [1.54, 1.807) is 0 Å². The van der Waals surface area contributed by atoms with Crippen LogP contribution in [0.4, 0.5) is 0 Å². The Hall–Kier alpha value is -0.0100. The second kappa shape index (κ2) is 5.60. The van der Waals surface area contributed by atoms with E-state index >= 15 is 0 Å². The van der Waals surface area contributed by atoms with Crippen molar-refractivity contribution in [3.8, 4) is 0 Å². The third-order valence-electron chi connectivity index (χ3n) is 2.71. The summed E-state index contributed by atoms with van der Waals surface area (Å²) in [4.78, 5) is 0. The molecule has 0 radical (unpaired) electrons. The van der Waals surface area contributed by atoms with Gasteiger partial charge in [-0.25, -0.2) is 0 Å². The Balaban J connectivity index is 2.16. The summed E-state index contributed by atoms with van der Waals surface area (Å²) in [5.74, 6) is 2.40. The molecule has 0 spiro atoms. The van der Waals surface area contributed by atoms with E-state index in [1.807, 2.05) is 6.08 Å². The van der Waals surface area contributed by atoms with Gasteiger partial charge in [0.05, 0.1) is 0 Å². The Kier molecular flexibility index (Phi) is 4.70. The fraction of sp³-hybridized carbons (Fsp3) is 0.800. The number of nitrogens with one attached hydrogen (secondary N) is 1. The van der Waals surface area contributed by atoms with Crippen LogP contribution in [0.5, 0.6) is 0 Å². The minimum atomic E-state index is 0.754. The molecule has 1 aliphatic carbocycles. The quantitative estimate of drug-likeness (QED) is 0.396. The van der Waals surface area contributed by atoms with E-state index in [4.69, 9.17) is 11.6 Å². The van der Waals surface area contributed by atoms with Gasteiger partial charge in [-0.05, 0) is 31.2 Å². The fourth-order valence-corrected chi connectivity index (χ4v) is 2.36. The zero-order chi connectivity index (χ0) is 8.81. The third kappa shape index (κ3) is 2.80. The van der Waals surface area contributed by atoms with Crippen molar-refractivity contribution in [2.45, 2.75) is 19.3 Å². The third-order valence-corrected chi connectivity index (χ3v) is 3.11. The summed E-state index contributed by atoms with van der Waals surface area (Å²) < 4.78 is 0. The lowest BCUT2D eigenvalue weighted by Crippen LogP contribution is -2.25. The Morgan fingerprint density at radius 1 is 1.42 bits per heavy atom. The summed E-state index contributed by atoms with van der Waals surface area (Å²) >= 11 is 5.87. The molecule has 1 saturated carbocycles. The van der Waals surface area contributed by atoms with E-state index in [0.29, 0.717) is 0 Å². The first-order chi connectivity index (χ1) is 5.88. The first-order valence-corrected chi connectivity index (χ1v) is 5.29. The van der Waals surface area contributed by atoms with E-state index in [2.05, 4.69) is 11.9 Å². The maximum atomic E-state index is 5.87. The van der Waals surface area contributed by atoms with Crippen LogP contribution in [-0.2, 0) is 0 Å². The van der Waals surface area contributed by atoms with E-state index in [9.17, 15) is 0 Å². The van der Waals surface area contributed by atoms with Crippen LogP contribution in [-0.4, -0.2) is 19.0 Å². The second-order valence-corrected chi connectivity index (χ2v) is 3.86. The predicted octanol–water partition coefficient (Wildman–Crippen LogP) is 2.42. The molecule has 1 fully saturated rings. The van der Waals surface area contributed by atoms with Gasteiger partial charge in [0.15, 0.2) is 0 Å². The maximum Gasteiger partial charge on any atom is 0.0254 e. The fourth-order valence-electron chi connectivity index (χ4n) is 1.96. The summed E-state index contributed by atoms with van der Waals surface area (Å²) in [5, 5.41) is 3.36. The molecule has 1 rings (SSSR count). The van der Waals surface area contributed by atoms with Crippen LogP contribution >= 0.6 is 11.6 Å². The number of rotatable bonds is 5. The molecule has 70 valence electrons. The Morgan fingerprint density at radius 2 is 2.17 bits per heavy atom. The molecule has 0 aliphatic heterocycles. The lowest BCUT2D eigenvalue weighted by atomic mass is 9.98. The van der Waals surface area contributed by atoms with E-state index in [0.717, 1.165) is 30.8 Å². The van der Waals surface area contributed by atoms with Gasteiger partial charge in [-0.3, -0.25) is 0 Å². The first kappa shape index (κ1) is 10.1. The number of hydrogen-bond donors (Lipinski definition) is 1. The molecule has 1 nitrogen and oxygen atoms in total. The molecule has 0 amide bonds. The van der Waals surface area contributed by atoms with Crippen LogP contribution in [0.2, 0.25) is 0 Å². The lowest BCUT2D eigenvalue weighted by Gasteiger charge is -2.16. The van der Waals surface area contributed by atoms with Crippen LogP contribution in [0.3, 0.4) is 0 Å². The molecule has 2 atom stereocenters. The molecule has 0 bridgehead atoms. The number of halogens is 1. The molecule has 0 aromatic rings. The van der Waals surface area contributed by atoms with Crippen molar-refractivity contribution < 1.29 is 0 Å². The van der Waals surface area contributed by atoms with Gasteiger partial charge in [0.25, 0.3) is 0 Å². The molecule has 12 heavy (non-hydrogen) atoms. The maximum absolute atomic E-state index is 5.87. The lowest BCUT2D eigenvalue weighted by molar-refractivity contribution is 0.403. The summed E-state index contributed by atoms with van der Waals surface area (Å²) in [6.45, 7) is 5.71. The van der Waals surface area contributed by atoms with E-state index in [1.165, 1.54) is 19.3 Å². The van der Waals surface area contributed by atoms with Crippen molar-refractivity contribution in [2.75, 3.05) is 19.0 Å². The average Bonchev–Trinajstić information content (AvgIpc) is 2.52. The Bertz CT molecular complexity index is 136. The highest BCUT2D eigenvalue weighted by Crippen LogP contribution is 2.31. The molecular formula is C10H18ClN. The summed E-state index contributed by atoms with van der Waals surface area (Å²) in [7, 11) is 0. The van der Waals surface area contributed by atoms with Gasteiger partial charge in [0.1, 0.15) is 0 Å². The number of alkyl halides is 1.